The van der Waals surface area contributed by atoms with E-state index in [0.717, 1.165) is 34.2 Å². The molecule has 0 fully saturated rings. The number of aromatic nitrogens is 2. The first-order valence-corrected chi connectivity index (χ1v) is 12.1. The van der Waals surface area contributed by atoms with Crippen molar-refractivity contribution in [3.63, 3.8) is 0 Å². The Kier molecular flexibility index (Phi) is 8.83. The number of hydrogen-bond donors (Lipinski definition) is 1. The summed E-state index contributed by atoms with van der Waals surface area (Å²) in [6.45, 7) is 10.2. The molecule has 6 nitrogen and oxygen atoms in total. The number of nitrogens with one attached hydrogen (secondary N) is 1. The number of amides is 1. The van der Waals surface area contributed by atoms with Crippen molar-refractivity contribution in [1.82, 2.24) is 14.9 Å². The number of carbonyl (C=O) groups is 1. The highest BCUT2D eigenvalue weighted by Gasteiger charge is 2.14. The number of hydrogen-bond acceptors (Lipinski definition) is 5. The first kappa shape index (κ1) is 24.7. The minimum atomic E-state index is -0.0298. The second-order valence-electron chi connectivity index (χ2n) is 8.39. The van der Waals surface area contributed by atoms with E-state index in [4.69, 9.17) is 9.47 Å². The Hall–Kier alpha value is -2.93. The highest BCUT2D eigenvalue weighted by atomic mass is 32.2. The van der Waals surface area contributed by atoms with Gasteiger partial charge in [-0.1, -0.05) is 62.0 Å². The molecule has 3 rings (SSSR count). The molecule has 7 heteroatoms. The van der Waals surface area contributed by atoms with E-state index in [2.05, 4.69) is 35.6 Å². The van der Waals surface area contributed by atoms with Crippen molar-refractivity contribution in [1.29, 1.82) is 0 Å². The van der Waals surface area contributed by atoms with Crippen LogP contribution in [0.25, 0.3) is 0 Å². The van der Waals surface area contributed by atoms with Gasteiger partial charge in [0.1, 0.15) is 6.61 Å². The third kappa shape index (κ3) is 7.02. The second kappa shape index (κ2) is 11.8. The molecule has 1 heterocycles. The summed E-state index contributed by atoms with van der Waals surface area (Å²) in [6, 6.07) is 15.7. The quantitative estimate of drug-likeness (QED) is 0.395. The molecule has 0 saturated carbocycles. The highest BCUT2D eigenvalue weighted by molar-refractivity contribution is 7.99. The molecule has 1 aromatic heterocycles. The van der Waals surface area contributed by atoms with Crippen LogP contribution >= 0.6 is 11.8 Å². The number of methoxy groups -OCH3 is 1. The van der Waals surface area contributed by atoms with Crippen LogP contribution in [-0.2, 0) is 24.5 Å². The summed E-state index contributed by atoms with van der Waals surface area (Å²) in [7, 11) is 1.62. The monoisotopic (exact) mass is 467 g/mol. The summed E-state index contributed by atoms with van der Waals surface area (Å²) in [5.74, 6) is 2.13. The summed E-state index contributed by atoms with van der Waals surface area (Å²) in [5.41, 5.74) is 4.21. The van der Waals surface area contributed by atoms with Crippen molar-refractivity contribution in [3.8, 4) is 11.5 Å². The van der Waals surface area contributed by atoms with Crippen LogP contribution in [0, 0.1) is 19.8 Å². The molecule has 0 aliphatic carbocycles. The molecule has 1 amide bonds. The number of imidazole rings is 1. The predicted octanol–water partition coefficient (Wildman–Crippen LogP) is 5.15. The van der Waals surface area contributed by atoms with Crippen molar-refractivity contribution in [2.75, 3.05) is 12.9 Å². The molecule has 1 N–H and O–H groups in total. The van der Waals surface area contributed by atoms with Crippen LogP contribution in [0.3, 0.4) is 0 Å². The lowest BCUT2D eigenvalue weighted by atomic mass is 10.2. The topological polar surface area (TPSA) is 65.4 Å². The maximum Gasteiger partial charge on any atom is 0.230 e. The van der Waals surface area contributed by atoms with Crippen LogP contribution in [0.1, 0.15) is 36.4 Å². The number of thioether (sulfide) groups is 1. The van der Waals surface area contributed by atoms with Crippen LogP contribution in [0.4, 0.5) is 0 Å². The van der Waals surface area contributed by atoms with Crippen LogP contribution in [0.15, 0.2) is 53.7 Å². The van der Waals surface area contributed by atoms with Gasteiger partial charge in [0, 0.05) is 18.8 Å². The first-order valence-electron chi connectivity index (χ1n) is 11.1. The normalized spacial score (nSPS) is 11.0. The molecule has 33 heavy (non-hydrogen) atoms. The predicted molar refractivity (Wildman–Crippen MR) is 133 cm³/mol. The van der Waals surface area contributed by atoms with E-state index in [9.17, 15) is 4.79 Å². The summed E-state index contributed by atoms with van der Waals surface area (Å²) in [6.07, 6.45) is 0. The average Bonchev–Trinajstić information content (AvgIpc) is 3.08. The smallest absolute Gasteiger partial charge is 0.230 e. The van der Waals surface area contributed by atoms with E-state index in [1.807, 2.05) is 55.5 Å². The van der Waals surface area contributed by atoms with Gasteiger partial charge in [-0.15, -0.1) is 0 Å². The fourth-order valence-corrected chi connectivity index (χ4v) is 4.30. The minimum absolute atomic E-state index is 0.0298. The van der Waals surface area contributed by atoms with Gasteiger partial charge >= 0.3 is 0 Å². The molecule has 176 valence electrons. The van der Waals surface area contributed by atoms with Crippen LogP contribution < -0.4 is 14.8 Å². The fourth-order valence-electron chi connectivity index (χ4n) is 3.37. The summed E-state index contributed by atoms with van der Waals surface area (Å²) >= 11 is 1.48. The van der Waals surface area contributed by atoms with Gasteiger partial charge in [0.05, 0.1) is 18.6 Å². The van der Waals surface area contributed by atoms with Crippen LogP contribution in [-0.4, -0.2) is 28.3 Å². The van der Waals surface area contributed by atoms with Gasteiger partial charge in [-0.3, -0.25) is 4.79 Å². The molecule has 0 aliphatic rings. The molecule has 0 bridgehead atoms. The van der Waals surface area contributed by atoms with Gasteiger partial charge in [0.25, 0.3) is 0 Å². The Morgan fingerprint density at radius 3 is 2.55 bits per heavy atom. The zero-order chi connectivity index (χ0) is 23.8. The summed E-state index contributed by atoms with van der Waals surface area (Å²) in [5, 5.41) is 3.88. The largest absolute Gasteiger partial charge is 0.493 e. The van der Waals surface area contributed by atoms with Gasteiger partial charge in [0.2, 0.25) is 5.91 Å². The molecule has 0 radical (unpaired) electrons. The zero-order valence-electron chi connectivity index (χ0n) is 20.1. The van der Waals surface area contributed by atoms with E-state index < -0.39 is 0 Å². The molecular weight excluding hydrogens is 434 g/mol. The minimum Gasteiger partial charge on any atom is -0.493 e. The van der Waals surface area contributed by atoms with E-state index in [1.165, 1.54) is 11.8 Å². The Morgan fingerprint density at radius 1 is 1.09 bits per heavy atom. The van der Waals surface area contributed by atoms with Gasteiger partial charge in [-0.05, 0) is 43.0 Å². The number of ether oxygens (including phenoxy) is 2. The number of carbonyl (C=O) groups excluding carboxylic acids is 1. The van der Waals surface area contributed by atoms with Crippen molar-refractivity contribution in [2.24, 2.45) is 5.92 Å². The van der Waals surface area contributed by atoms with Crippen molar-refractivity contribution >= 4 is 17.7 Å². The summed E-state index contributed by atoms with van der Waals surface area (Å²) in [4.78, 5) is 17.1. The molecular formula is C26H33N3O3S. The molecule has 0 unspecified atom stereocenters. The average molecular weight is 468 g/mol. The van der Waals surface area contributed by atoms with E-state index in [0.29, 0.717) is 36.3 Å². The third-order valence-electron chi connectivity index (χ3n) is 5.26. The summed E-state index contributed by atoms with van der Waals surface area (Å²) < 4.78 is 13.6. The Morgan fingerprint density at radius 2 is 1.85 bits per heavy atom. The van der Waals surface area contributed by atoms with E-state index in [-0.39, 0.29) is 5.91 Å². The lowest BCUT2D eigenvalue weighted by Gasteiger charge is -2.13. The first-order chi connectivity index (χ1) is 15.9. The molecule has 0 saturated heterocycles. The van der Waals surface area contributed by atoms with Gasteiger partial charge in [0.15, 0.2) is 16.7 Å². The number of nitrogens with zero attached hydrogens (tertiary/aromatic N) is 2. The van der Waals surface area contributed by atoms with Gasteiger partial charge in [-0.2, -0.15) is 0 Å². The number of benzene rings is 2. The Bertz CT molecular complexity index is 1060. The molecule has 0 atom stereocenters. The van der Waals surface area contributed by atoms with Gasteiger partial charge < -0.3 is 19.4 Å². The standard InChI is InChI=1S/C26H33N3O3S/c1-18(2)15-29-20(4)19(3)28-26(29)33-17-25(30)27-14-22-11-12-23(24(13-22)31-5)32-16-21-9-7-6-8-10-21/h6-13,18H,14-17H2,1-5H3,(H,27,30). The molecule has 2 aromatic carbocycles. The van der Waals surface area contributed by atoms with Crippen molar-refractivity contribution in [3.05, 3.63) is 71.0 Å². The van der Waals surface area contributed by atoms with Crippen LogP contribution in [0.2, 0.25) is 0 Å². The van der Waals surface area contributed by atoms with E-state index in [1.54, 1.807) is 7.11 Å². The lowest BCUT2D eigenvalue weighted by molar-refractivity contribution is -0.118. The third-order valence-corrected chi connectivity index (χ3v) is 6.23. The SMILES string of the molecule is COc1cc(CNC(=O)CSc2nc(C)c(C)n2CC(C)C)ccc1OCc1ccccc1. The van der Waals surface area contributed by atoms with Crippen molar-refractivity contribution in [2.45, 2.75) is 52.5 Å². The number of rotatable bonds is 11. The lowest BCUT2D eigenvalue weighted by Crippen LogP contribution is -2.24. The van der Waals surface area contributed by atoms with Gasteiger partial charge in [-0.25, -0.2) is 4.98 Å². The fraction of sp³-hybridized carbons (Fsp3) is 0.385. The van der Waals surface area contributed by atoms with E-state index >= 15 is 0 Å². The van der Waals surface area contributed by atoms with Crippen molar-refractivity contribution < 1.29 is 14.3 Å². The number of aryl methyl sites for hydroxylation is 1. The Balaban J connectivity index is 1.53. The second-order valence-corrected chi connectivity index (χ2v) is 9.34. The highest BCUT2D eigenvalue weighted by Crippen LogP contribution is 2.29. The maximum absolute atomic E-state index is 12.5. The zero-order valence-corrected chi connectivity index (χ0v) is 20.9. The van der Waals surface area contributed by atoms with Crippen LogP contribution in [0.5, 0.6) is 11.5 Å². The Labute approximate surface area is 200 Å². The molecule has 0 spiro atoms. The molecule has 3 aromatic rings. The molecule has 0 aliphatic heterocycles. The maximum atomic E-state index is 12.5.